The zero-order valence-electron chi connectivity index (χ0n) is 11.6. The highest BCUT2D eigenvalue weighted by atomic mass is 16.2. The van der Waals surface area contributed by atoms with Crippen molar-refractivity contribution in [1.82, 2.24) is 20.2 Å². The van der Waals surface area contributed by atoms with Gasteiger partial charge < -0.3 is 0 Å². The van der Waals surface area contributed by atoms with Gasteiger partial charge in [-0.2, -0.15) is 0 Å². The lowest BCUT2D eigenvalue weighted by Crippen LogP contribution is -2.33. The van der Waals surface area contributed by atoms with Gasteiger partial charge in [0.1, 0.15) is 0 Å². The highest BCUT2D eigenvalue weighted by Gasteiger charge is 2.09. The smallest absolute Gasteiger partial charge is 0.268 e. The van der Waals surface area contributed by atoms with Crippen molar-refractivity contribution in [2.24, 2.45) is 5.84 Å². The molecule has 1 amide bonds. The fourth-order valence-corrected chi connectivity index (χ4v) is 1.80. The zero-order valence-corrected chi connectivity index (χ0v) is 11.6. The fourth-order valence-electron chi connectivity index (χ4n) is 1.80. The topological polar surface area (TPSA) is 123 Å². The second-order valence-corrected chi connectivity index (χ2v) is 4.59. The van der Waals surface area contributed by atoms with Crippen molar-refractivity contribution in [2.75, 3.05) is 0 Å². The van der Waals surface area contributed by atoms with E-state index < -0.39 is 5.91 Å². The van der Waals surface area contributed by atoms with E-state index in [1.807, 2.05) is 5.43 Å². The average Bonchev–Trinajstić information content (AvgIpc) is 2.50. The first-order valence-corrected chi connectivity index (χ1v) is 6.20. The lowest BCUT2D eigenvalue weighted by Gasteiger charge is -2.08. The molecule has 0 bridgehead atoms. The van der Waals surface area contributed by atoms with E-state index in [1.54, 1.807) is 19.9 Å². The van der Waals surface area contributed by atoms with Crippen molar-refractivity contribution >= 4 is 5.91 Å². The molecule has 8 heteroatoms. The molecule has 0 unspecified atom stereocenters. The van der Waals surface area contributed by atoms with Gasteiger partial charge in [-0.05, 0) is 26.0 Å². The maximum atomic E-state index is 12.1. The maximum Gasteiger partial charge on any atom is 0.268 e. The summed E-state index contributed by atoms with van der Waals surface area (Å²) in [4.78, 5) is 39.1. The Balaban J connectivity index is 2.33. The van der Waals surface area contributed by atoms with Crippen LogP contribution in [-0.2, 0) is 6.54 Å². The van der Waals surface area contributed by atoms with Gasteiger partial charge >= 0.3 is 0 Å². The number of aromatic amines is 1. The monoisotopic (exact) mass is 289 g/mol. The number of pyridine rings is 1. The summed E-state index contributed by atoms with van der Waals surface area (Å²) >= 11 is 0. The van der Waals surface area contributed by atoms with Crippen LogP contribution in [0, 0.1) is 13.8 Å². The van der Waals surface area contributed by atoms with Gasteiger partial charge in [0.15, 0.2) is 0 Å². The van der Waals surface area contributed by atoms with Crippen molar-refractivity contribution in [2.45, 2.75) is 20.4 Å². The summed E-state index contributed by atoms with van der Waals surface area (Å²) in [5, 5.41) is 2.49. The number of amides is 1. The van der Waals surface area contributed by atoms with Crippen LogP contribution < -0.4 is 22.4 Å². The summed E-state index contributed by atoms with van der Waals surface area (Å²) in [7, 11) is 0. The van der Waals surface area contributed by atoms with Gasteiger partial charge in [-0.3, -0.25) is 29.9 Å². The molecule has 0 aromatic carbocycles. The molecule has 0 atom stereocenters. The molecule has 0 aliphatic rings. The van der Waals surface area contributed by atoms with Gasteiger partial charge in [-0.25, -0.2) is 10.5 Å². The number of hydrogen-bond acceptors (Lipinski definition) is 5. The van der Waals surface area contributed by atoms with Gasteiger partial charge in [0.05, 0.1) is 17.8 Å². The quantitative estimate of drug-likeness (QED) is 0.388. The Labute approximate surface area is 119 Å². The number of nitrogen functional groups attached to an aromatic ring is 1. The predicted molar refractivity (Wildman–Crippen MR) is 75.8 cm³/mol. The summed E-state index contributed by atoms with van der Waals surface area (Å²) in [6.45, 7) is 3.31. The Kier molecular flexibility index (Phi) is 3.99. The highest BCUT2D eigenvalue weighted by molar-refractivity contribution is 5.93. The third kappa shape index (κ3) is 2.90. The molecule has 4 N–H and O–H groups in total. The Morgan fingerprint density at radius 3 is 2.62 bits per heavy atom. The van der Waals surface area contributed by atoms with E-state index in [2.05, 4.69) is 10.1 Å². The first-order chi connectivity index (χ1) is 9.93. The van der Waals surface area contributed by atoms with Crippen molar-refractivity contribution in [3.63, 3.8) is 0 Å². The molecule has 0 spiro atoms. The molecule has 0 saturated heterocycles. The van der Waals surface area contributed by atoms with Gasteiger partial charge in [0, 0.05) is 17.3 Å². The molecule has 2 rings (SSSR count). The summed E-state index contributed by atoms with van der Waals surface area (Å²) in [5.41, 5.74) is 3.05. The first-order valence-electron chi connectivity index (χ1n) is 6.20. The summed E-state index contributed by atoms with van der Waals surface area (Å²) in [5.74, 6) is 4.57. The van der Waals surface area contributed by atoms with Crippen molar-refractivity contribution in [3.8, 4) is 0 Å². The molecule has 2 aromatic rings. The minimum absolute atomic E-state index is 0.111. The Hall–Kier alpha value is -2.74. The maximum absolute atomic E-state index is 12.1. The molecule has 110 valence electrons. The molecular formula is C13H15N5O3. The number of carbonyl (C=O) groups excluding carboxylic acids is 1. The van der Waals surface area contributed by atoms with E-state index in [1.165, 1.54) is 16.9 Å². The second kappa shape index (κ2) is 5.71. The van der Waals surface area contributed by atoms with Crippen LogP contribution in [0.1, 0.15) is 27.2 Å². The number of nitrogens with zero attached hydrogens (tertiary/aromatic N) is 2. The lowest BCUT2D eigenvalue weighted by atomic mass is 10.2. The molecule has 0 aliphatic heterocycles. The van der Waals surface area contributed by atoms with E-state index in [0.717, 1.165) is 0 Å². The molecule has 0 saturated carbocycles. The standard InChI is InChI=1S/C13H15N5O3/c1-7-8(2)13(21)18(17-11(7)19)6-10-4-3-9(5-15-10)12(20)16-14/h3-5H,6,14H2,1-2H3,(H,16,20)(H,17,19). The average molecular weight is 289 g/mol. The van der Waals surface area contributed by atoms with Crippen LogP contribution in [0.5, 0.6) is 0 Å². The normalized spacial score (nSPS) is 10.4. The van der Waals surface area contributed by atoms with E-state index in [0.29, 0.717) is 22.4 Å². The zero-order chi connectivity index (χ0) is 15.6. The Morgan fingerprint density at radius 1 is 1.33 bits per heavy atom. The van der Waals surface area contributed by atoms with E-state index in [9.17, 15) is 14.4 Å². The van der Waals surface area contributed by atoms with Crippen LogP contribution >= 0.6 is 0 Å². The van der Waals surface area contributed by atoms with E-state index in [4.69, 9.17) is 5.84 Å². The van der Waals surface area contributed by atoms with Crippen LogP contribution in [0.3, 0.4) is 0 Å². The van der Waals surface area contributed by atoms with Crippen LogP contribution in [0.2, 0.25) is 0 Å². The van der Waals surface area contributed by atoms with Crippen LogP contribution in [0.4, 0.5) is 0 Å². The molecule has 2 heterocycles. The van der Waals surface area contributed by atoms with Crippen LogP contribution in [-0.4, -0.2) is 20.7 Å². The predicted octanol–water partition coefficient (Wildman–Crippen LogP) is -0.800. The largest absolute Gasteiger partial charge is 0.290 e. The van der Waals surface area contributed by atoms with Gasteiger partial charge in [0.25, 0.3) is 17.0 Å². The van der Waals surface area contributed by atoms with Crippen LogP contribution in [0.25, 0.3) is 0 Å². The third-order valence-corrected chi connectivity index (χ3v) is 3.24. The number of H-pyrrole nitrogens is 1. The second-order valence-electron chi connectivity index (χ2n) is 4.59. The lowest BCUT2D eigenvalue weighted by molar-refractivity contribution is 0.0953. The van der Waals surface area contributed by atoms with E-state index in [-0.39, 0.29) is 17.7 Å². The number of hydrazine groups is 1. The first kappa shape index (κ1) is 14.7. The fraction of sp³-hybridized carbons (Fsp3) is 0.231. The number of nitrogens with one attached hydrogen (secondary N) is 2. The number of aromatic nitrogens is 3. The molecule has 2 aromatic heterocycles. The number of nitrogens with two attached hydrogens (primary N) is 1. The minimum atomic E-state index is -0.453. The molecule has 21 heavy (non-hydrogen) atoms. The molecule has 0 radical (unpaired) electrons. The van der Waals surface area contributed by atoms with Crippen LogP contribution in [0.15, 0.2) is 27.9 Å². The molecule has 0 fully saturated rings. The minimum Gasteiger partial charge on any atom is -0.290 e. The Morgan fingerprint density at radius 2 is 2.05 bits per heavy atom. The van der Waals surface area contributed by atoms with Gasteiger partial charge in [-0.1, -0.05) is 0 Å². The Bertz CT molecular complexity index is 789. The summed E-state index contributed by atoms with van der Waals surface area (Å²) in [6, 6.07) is 3.12. The van der Waals surface area contributed by atoms with Crippen molar-refractivity contribution < 1.29 is 4.79 Å². The molecule has 8 nitrogen and oxygen atoms in total. The third-order valence-electron chi connectivity index (χ3n) is 3.24. The van der Waals surface area contributed by atoms with E-state index >= 15 is 0 Å². The number of rotatable bonds is 3. The van der Waals surface area contributed by atoms with Gasteiger partial charge in [0.2, 0.25) is 0 Å². The van der Waals surface area contributed by atoms with Gasteiger partial charge in [-0.15, -0.1) is 0 Å². The van der Waals surface area contributed by atoms with Crippen molar-refractivity contribution in [3.05, 3.63) is 61.4 Å². The molecular weight excluding hydrogens is 274 g/mol. The summed E-state index contributed by atoms with van der Waals surface area (Å²) in [6.07, 6.45) is 1.35. The van der Waals surface area contributed by atoms with Crippen molar-refractivity contribution in [1.29, 1.82) is 0 Å². The summed E-state index contributed by atoms with van der Waals surface area (Å²) < 4.78 is 1.19. The SMILES string of the molecule is Cc1c(C)c(=O)n(Cc2ccc(C(=O)NN)cn2)[nH]c1=O. The number of hydrogen-bond donors (Lipinski definition) is 3. The highest BCUT2D eigenvalue weighted by Crippen LogP contribution is 2.01. The number of carbonyl (C=O) groups is 1. The molecule has 0 aliphatic carbocycles.